The van der Waals surface area contributed by atoms with Crippen molar-refractivity contribution < 1.29 is 18.8 Å². The molecule has 0 bridgehead atoms. The lowest BCUT2D eigenvalue weighted by Crippen LogP contribution is -2.56. The maximum Gasteiger partial charge on any atom is 0.325 e. The van der Waals surface area contributed by atoms with Crippen LogP contribution in [0, 0.1) is 18.7 Å². The van der Waals surface area contributed by atoms with E-state index in [9.17, 15) is 18.8 Å². The predicted molar refractivity (Wildman–Crippen MR) is 129 cm³/mol. The molecule has 2 saturated heterocycles. The summed E-state index contributed by atoms with van der Waals surface area (Å²) in [5, 5.41) is 3.00. The third kappa shape index (κ3) is 4.75. The number of amides is 4. The first-order valence-electron chi connectivity index (χ1n) is 11.6. The Kier molecular flexibility index (Phi) is 7.11. The van der Waals surface area contributed by atoms with Crippen LogP contribution in [-0.4, -0.2) is 57.8 Å². The Morgan fingerprint density at radius 1 is 1.26 bits per heavy atom. The summed E-state index contributed by atoms with van der Waals surface area (Å²) in [4.78, 5) is 47.2. The van der Waals surface area contributed by atoms with E-state index < -0.39 is 5.54 Å². The van der Waals surface area contributed by atoms with Crippen LogP contribution in [0.1, 0.15) is 42.3 Å². The van der Waals surface area contributed by atoms with Crippen LogP contribution in [-0.2, 0) is 16.0 Å². The Bertz CT molecular complexity index is 1090. The van der Waals surface area contributed by atoms with Gasteiger partial charge in [-0.2, -0.15) is 0 Å². The lowest BCUT2D eigenvalue weighted by atomic mass is 9.75. The van der Waals surface area contributed by atoms with Crippen LogP contribution in [0.25, 0.3) is 6.08 Å². The first-order chi connectivity index (χ1) is 16.3. The number of urea groups is 1. The first kappa shape index (κ1) is 24.1. The number of thiazole rings is 1. The zero-order chi connectivity index (χ0) is 24.3. The highest BCUT2D eigenvalue weighted by Crippen LogP contribution is 2.36. The van der Waals surface area contributed by atoms with Gasteiger partial charge in [0.25, 0.3) is 5.91 Å². The van der Waals surface area contributed by atoms with Crippen LogP contribution < -0.4 is 5.32 Å². The van der Waals surface area contributed by atoms with Gasteiger partial charge in [-0.05, 0) is 55.9 Å². The third-order valence-electron chi connectivity index (χ3n) is 6.96. The number of likely N-dealkylation sites (tertiary alicyclic amines) is 1. The fraction of sp³-hybridized carbons (Fsp3) is 0.440. The topological polar surface area (TPSA) is 82.6 Å². The average molecular weight is 485 g/mol. The molecule has 2 fully saturated rings. The summed E-state index contributed by atoms with van der Waals surface area (Å²) < 4.78 is 13.0. The predicted octanol–water partition coefficient (Wildman–Crippen LogP) is 3.79. The molecule has 180 valence electrons. The Hall–Kier alpha value is -3.07. The number of imide groups is 1. The molecule has 1 aromatic heterocycles. The van der Waals surface area contributed by atoms with E-state index >= 15 is 0 Å². The van der Waals surface area contributed by atoms with Crippen LogP contribution in [0.3, 0.4) is 0 Å². The van der Waals surface area contributed by atoms with Crippen molar-refractivity contribution in [3.8, 4) is 0 Å². The Morgan fingerprint density at radius 3 is 2.59 bits per heavy atom. The number of piperidine rings is 1. The number of rotatable bonds is 7. The molecule has 7 nitrogen and oxygen atoms in total. The molecular formula is C25H29FN4O3S. The van der Waals surface area contributed by atoms with Crippen LogP contribution in [0.15, 0.2) is 35.9 Å². The zero-order valence-electron chi connectivity index (χ0n) is 19.4. The van der Waals surface area contributed by atoms with Gasteiger partial charge in [-0.3, -0.25) is 14.5 Å². The molecule has 2 aliphatic heterocycles. The van der Waals surface area contributed by atoms with Gasteiger partial charge in [-0.25, -0.2) is 14.2 Å². The van der Waals surface area contributed by atoms with Gasteiger partial charge in [0.1, 0.15) is 11.4 Å². The number of carbonyl (C=O) groups is 3. The van der Waals surface area contributed by atoms with E-state index in [1.54, 1.807) is 28.6 Å². The molecule has 1 atom stereocenters. The van der Waals surface area contributed by atoms with Gasteiger partial charge < -0.3 is 10.2 Å². The molecule has 2 aliphatic rings. The normalized spacial score (nSPS) is 21.5. The molecule has 0 saturated carbocycles. The van der Waals surface area contributed by atoms with Gasteiger partial charge in [0.2, 0.25) is 5.91 Å². The van der Waals surface area contributed by atoms with Crippen molar-refractivity contribution in [3.63, 3.8) is 0 Å². The molecule has 9 heteroatoms. The molecule has 3 heterocycles. The van der Waals surface area contributed by atoms with E-state index in [2.05, 4.69) is 10.3 Å². The fourth-order valence-corrected chi connectivity index (χ4v) is 5.64. The summed E-state index contributed by atoms with van der Waals surface area (Å²) in [7, 11) is 0. The summed E-state index contributed by atoms with van der Waals surface area (Å²) in [6.45, 7) is 5.22. The van der Waals surface area contributed by atoms with Gasteiger partial charge in [0.05, 0.1) is 11.2 Å². The molecule has 1 aromatic carbocycles. The van der Waals surface area contributed by atoms with E-state index in [4.69, 9.17) is 0 Å². The number of carbonyl (C=O) groups excluding carboxylic acids is 3. The Balaban J connectivity index is 1.36. The minimum absolute atomic E-state index is 0.0331. The lowest BCUT2D eigenvalue weighted by molar-refractivity contribution is -0.135. The number of hydrogen-bond acceptors (Lipinski definition) is 5. The summed E-state index contributed by atoms with van der Waals surface area (Å²) in [6, 6.07) is 5.61. The second-order valence-corrected chi connectivity index (χ2v) is 9.75. The number of nitrogens with one attached hydrogen (secondary N) is 1. The van der Waals surface area contributed by atoms with Crippen LogP contribution in [0.5, 0.6) is 0 Å². The molecule has 4 rings (SSSR count). The van der Waals surface area contributed by atoms with E-state index in [0.29, 0.717) is 45.3 Å². The van der Waals surface area contributed by atoms with Gasteiger partial charge in [-0.15, -0.1) is 11.3 Å². The Labute approximate surface area is 202 Å². The van der Waals surface area contributed by atoms with Crippen molar-refractivity contribution in [2.75, 3.05) is 19.6 Å². The zero-order valence-corrected chi connectivity index (χ0v) is 20.2. The molecule has 2 aromatic rings. The summed E-state index contributed by atoms with van der Waals surface area (Å²) in [5.41, 5.74) is 2.54. The van der Waals surface area contributed by atoms with Gasteiger partial charge in [0, 0.05) is 37.0 Å². The van der Waals surface area contributed by atoms with Crippen molar-refractivity contribution in [2.45, 2.75) is 45.1 Å². The fourth-order valence-electron chi connectivity index (χ4n) is 4.87. The van der Waals surface area contributed by atoms with Crippen molar-refractivity contribution in [1.29, 1.82) is 0 Å². The summed E-state index contributed by atoms with van der Waals surface area (Å²) in [6.07, 6.45) is 5.55. The number of halogens is 1. The number of benzene rings is 1. The van der Waals surface area contributed by atoms with Crippen molar-refractivity contribution in [3.05, 3.63) is 57.8 Å². The van der Waals surface area contributed by atoms with Gasteiger partial charge >= 0.3 is 6.03 Å². The highest BCUT2D eigenvalue weighted by Gasteiger charge is 2.54. The van der Waals surface area contributed by atoms with E-state index in [-0.39, 0.29) is 29.6 Å². The average Bonchev–Trinajstić information content (AvgIpc) is 3.37. The minimum atomic E-state index is -0.918. The minimum Gasteiger partial charge on any atom is -0.339 e. The third-order valence-corrected chi connectivity index (χ3v) is 7.95. The molecule has 1 N–H and O–H groups in total. The van der Waals surface area contributed by atoms with Crippen molar-refractivity contribution >= 4 is 35.3 Å². The smallest absolute Gasteiger partial charge is 0.325 e. The number of aromatic nitrogens is 1. The van der Waals surface area contributed by atoms with E-state index in [1.807, 2.05) is 13.8 Å². The highest BCUT2D eigenvalue weighted by atomic mass is 32.1. The highest BCUT2D eigenvalue weighted by molar-refractivity contribution is 7.09. The molecule has 0 unspecified atom stereocenters. The molecule has 0 spiro atoms. The van der Waals surface area contributed by atoms with Crippen molar-refractivity contribution in [2.24, 2.45) is 5.92 Å². The van der Waals surface area contributed by atoms with E-state index in [1.165, 1.54) is 34.4 Å². The maximum absolute atomic E-state index is 13.4. The number of hydrogen-bond donors (Lipinski definition) is 1. The SMILES string of the molecule is CC[C@]1(C2CCN(C(=O)/C=C/c3ccc(F)cc3)CC2)NC(=O)N(CCc2scnc2C)C1=O. The first-order valence-corrected chi connectivity index (χ1v) is 12.5. The number of aryl methyl sites for hydroxylation is 1. The second-order valence-electron chi connectivity index (χ2n) is 8.81. The maximum atomic E-state index is 13.4. The van der Waals surface area contributed by atoms with Crippen LogP contribution in [0.4, 0.5) is 9.18 Å². The van der Waals surface area contributed by atoms with Crippen LogP contribution in [0.2, 0.25) is 0 Å². The quantitative estimate of drug-likeness (QED) is 0.479. The monoisotopic (exact) mass is 484 g/mol. The molecule has 34 heavy (non-hydrogen) atoms. The molecular weight excluding hydrogens is 455 g/mol. The largest absolute Gasteiger partial charge is 0.339 e. The molecule has 0 radical (unpaired) electrons. The second kappa shape index (κ2) is 10.0. The Morgan fingerprint density at radius 2 is 1.97 bits per heavy atom. The van der Waals surface area contributed by atoms with Gasteiger partial charge in [-0.1, -0.05) is 19.1 Å². The van der Waals surface area contributed by atoms with E-state index in [0.717, 1.165) is 16.1 Å². The standard InChI is InChI=1S/C25H29FN4O3S/c1-3-25(23(32)30(24(33)28-25)15-12-21-17(2)27-16-34-21)19-10-13-29(14-11-19)22(31)9-6-18-4-7-20(26)8-5-18/h4-9,16,19H,3,10-15H2,1-2H3,(H,28,33)/b9-6+/t25-/m1/s1. The van der Waals surface area contributed by atoms with Crippen LogP contribution >= 0.6 is 11.3 Å². The molecule has 0 aliphatic carbocycles. The lowest BCUT2D eigenvalue weighted by Gasteiger charge is -2.40. The van der Waals surface area contributed by atoms with Gasteiger partial charge in [0.15, 0.2) is 0 Å². The summed E-state index contributed by atoms with van der Waals surface area (Å²) in [5.74, 6) is -0.629. The number of nitrogens with zero attached hydrogens (tertiary/aromatic N) is 3. The van der Waals surface area contributed by atoms with Crippen molar-refractivity contribution in [1.82, 2.24) is 20.1 Å². The molecule has 4 amide bonds. The summed E-state index contributed by atoms with van der Waals surface area (Å²) >= 11 is 1.53.